The Balaban J connectivity index is 1.94. The molecule has 18 heavy (non-hydrogen) atoms. The van der Waals surface area contributed by atoms with Crippen molar-refractivity contribution in [3.8, 4) is 0 Å². The lowest BCUT2D eigenvalue weighted by molar-refractivity contribution is -0.384. The number of thiocarbonyl (C=S) groups is 1. The zero-order valence-electron chi connectivity index (χ0n) is 9.22. The summed E-state index contributed by atoms with van der Waals surface area (Å²) < 4.78 is 2.46. The molecule has 0 aliphatic rings. The molecule has 0 saturated heterocycles. The van der Waals surface area contributed by atoms with Gasteiger partial charge in [0.05, 0.1) is 4.92 Å². The summed E-state index contributed by atoms with van der Waals surface area (Å²) >= 11 is 6.70. The highest BCUT2D eigenvalue weighted by Crippen LogP contribution is 2.18. The molecule has 0 fully saturated rings. The van der Waals surface area contributed by atoms with Crippen LogP contribution in [0.4, 0.5) is 5.69 Å². The summed E-state index contributed by atoms with van der Waals surface area (Å²) in [7, 11) is 0. The van der Waals surface area contributed by atoms with Gasteiger partial charge in [-0.1, -0.05) is 36.1 Å². The van der Waals surface area contributed by atoms with Crippen LogP contribution in [0.1, 0.15) is 5.56 Å². The monoisotopic (exact) mass is 279 g/mol. The molecule has 0 N–H and O–H groups in total. The molecular weight excluding hydrogens is 270 g/mol. The van der Waals surface area contributed by atoms with Crippen LogP contribution in [-0.4, -0.2) is 18.8 Å². The highest BCUT2D eigenvalue weighted by molar-refractivity contribution is 8.22. The lowest BCUT2D eigenvalue weighted by atomic mass is 10.2. The summed E-state index contributed by atoms with van der Waals surface area (Å²) in [5, 5.41) is 10.5. The van der Waals surface area contributed by atoms with Crippen LogP contribution in [0.2, 0.25) is 0 Å². The molecule has 0 saturated carbocycles. The molecule has 1 heterocycles. The van der Waals surface area contributed by atoms with Crippen molar-refractivity contribution in [2.24, 2.45) is 0 Å². The van der Waals surface area contributed by atoms with Crippen molar-refractivity contribution < 1.29 is 4.92 Å². The molecule has 0 bridgehead atoms. The van der Waals surface area contributed by atoms with E-state index < -0.39 is 4.92 Å². The van der Waals surface area contributed by atoms with Crippen molar-refractivity contribution in [1.82, 2.24) is 9.55 Å². The van der Waals surface area contributed by atoms with E-state index in [-0.39, 0.29) is 5.69 Å². The number of rotatable bonds is 3. The van der Waals surface area contributed by atoms with Gasteiger partial charge < -0.3 is 0 Å². The van der Waals surface area contributed by atoms with E-state index in [2.05, 4.69) is 4.98 Å². The first-order valence-corrected chi connectivity index (χ1v) is 6.44. The molecule has 7 heteroatoms. The third-order valence-electron chi connectivity index (χ3n) is 2.22. The highest BCUT2D eigenvalue weighted by atomic mass is 32.2. The van der Waals surface area contributed by atoms with Gasteiger partial charge in [-0.2, -0.15) is 0 Å². The van der Waals surface area contributed by atoms with Gasteiger partial charge >= 0.3 is 0 Å². The fourth-order valence-electron chi connectivity index (χ4n) is 1.30. The van der Waals surface area contributed by atoms with Crippen LogP contribution in [0.3, 0.4) is 0 Å². The third-order valence-corrected chi connectivity index (χ3v) is 3.72. The molecule has 0 spiro atoms. The minimum absolute atomic E-state index is 0.0981. The highest BCUT2D eigenvalue weighted by Gasteiger charge is 2.05. The van der Waals surface area contributed by atoms with Gasteiger partial charge in [-0.25, -0.2) is 4.98 Å². The molecule has 0 unspecified atom stereocenters. The van der Waals surface area contributed by atoms with Gasteiger partial charge in [0.25, 0.3) is 5.69 Å². The maximum Gasteiger partial charge on any atom is 0.269 e. The molecule has 0 amide bonds. The standard InChI is InChI=1S/C11H9N3O2S2/c15-14(16)10-3-1-9(2-4-10)7-18-11(17)13-6-5-12-8-13/h1-6,8H,7H2. The van der Waals surface area contributed by atoms with Crippen molar-refractivity contribution in [2.75, 3.05) is 0 Å². The van der Waals surface area contributed by atoms with E-state index in [1.807, 2.05) is 0 Å². The van der Waals surface area contributed by atoms with Crippen molar-refractivity contribution in [1.29, 1.82) is 0 Å². The normalized spacial score (nSPS) is 10.2. The van der Waals surface area contributed by atoms with Crippen LogP contribution in [0.5, 0.6) is 0 Å². The first-order valence-electron chi connectivity index (χ1n) is 5.05. The number of nitro benzene ring substituents is 1. The molecule has 2 aromatic rings. The largest absolute Gasteiger partial charge is 0.291 e. The molecule has 0 aliphatic heterocycles. The maximum absolute atomic E-state index is 10.5. The number of hydrogen-bond donors (Lipinski definition) is 0. The van der Waals surface area contributed by atoms with Gasteiger partial charge in [0.2, 0.25) is 0 Å². The van der Waals surface area contributed by atoms with Crippen LogP contribution < -0.4 is 0 Å². The molecule has 92 valence electrons. The Morgan fingerprint density at radius 2 is 2.17 bits per heavy atom. The van der Waals surface area contributed by atoms with Crippen LogP contribution in [0, 0.1) is 10.1 Å². The quantitative estimate of drug-likeness (QED) is 0.491. The molecule has 1 aromatic carbocycles. The molecule has 0 radical (unpaired) electrons. The SMILES string of the molecule is O=[N+]([O-])c1ccc(CSC(=S)n2ccnc2)cc1. The number of benzene rings is 1. The average molecular weight is 279 g/mol. The van der Waals surface area contributed by atoms with Gasteiger partial charge in [-0.05, 0) is 5.56 Å². The molecule has 0 aliphatic carbocycles. The lowest BCUT2D eigenvalue weighted by Crippen LogP contribution is -2.01. The number of nitrogens with zero attached hydrogens (tertiary/aromatic N) is 3. The van der Waals surface area contributed by atoms with E-state index >= 15 is 0 Å². The number of nitro groups is 1. The first-order chi connectivity index (χ1) is 8.66. The Kier molecular flexibility index (Phi) is 4.06. The first kappa shape index (κ1) is 12.7. The van der Waals surface area contributed by atoms with E-state index in [1.54, 1.807) is 35.4 Å². The van der Waals surface area contributed by atoms with Gasteiger partial charge in [0.15, 0.2) is 0 Å². The zero-order chi connectivity index (χ0) is 13.0. The molecule has 2 rings (SSSR count). The summed E-state index contributed by atoms with van der Waals surface area (Å²) in [6, 6.07) is 6.47. The number of thioether (sulfide) groups is 1. The topological polar surface area (TPSA) is 61.0 Å². The van der Waals surface area contributed by atoms with Gasteiger partial charge in [-0.15, -0.1) is 0 Å². The summed E-state index contributed by atoms with van der Waals surface area (Å²) in [5.74, 6) is 0.676. The third kappa shape index (κ3) is 3.14. The number of non-ortho nitro benzene ring substituents is 1. The molecule has 1 aromatic heterocycles. The fraction of sp³-hybridized carbons (Fsp3) is 0.0909. The minimum Gasteiger partial charge on any atom is -0.291 e. The maximum atomic E-state index is 10.5. The van der Waals surface area contributed by atoms with Crippen molar-refractivity contribution in [3.05, 3.63) is 58.7 Å². The van der Waals surface area contributed by atoms with E-state index in [4.69, 9.17) is 12.2 Å². The summed E-state index contributed by atoms with van der Waals surface area (Å²) in [5.41, 5.74) is 1.09. The van der Waals surface area contributed by atoms with Gasteiger partial charge in [0.1, 0.15) is 10.6 Å². The Hall–Kier alpha value is -1.73. The van der Waals surface area contributed by atoms with Crippen LogP contribution in [-0.2, 0) is 5.75 Å². The predicted octanol–water partition coefficient (Wildman–Crippen LogP) is 2.86. The Morgan fingerprint density at radius 3 is 2.72 bits per heavy atom. The van der Waals surface area contributed by atoms with Gasteiger partial charge in [-0.3, -0.25) is 14.7 Å². The summed E-state index contributed by atoms with van der Waals surface area (Å²) in [4.78, 5) is 14.0. The zero-order valence-corrected chi connectivity index (χ0v) is 10.9. The van der Waals surface area contributed by atoms with Crippen molar-refractivity contribution >= 4 is 34.0 Å². The smallest absolute Gasteiger partial charge is 0.269 e. The molecular formula is C11H9N3O2S2. The van der Waals surface area contributed by atoms with Crippen LogP contribution >= 0.6 is 24.0 Å². The minimum atomic E-state index is -0.410. The van der Waals surface area contributed by atoms with Crippen LogP contribution in [0.15, 0.2) is 43.0 Å². The van der Waals surface area contributed by atoms with E-state index in [0.717, 1.165) is 5.56 Å². The lowest BCUT2D eigenvalue weighted by Gasteiger charge is -2.03. The second-order valence-corrected chi connectivity index (χ2v) is 5.06. The summed E-state index contributed by atoms with van der Waals surface area (Å²) in [6.07, 6.45) is 5.09. The Labute approximate surface area is 113 Å². The predicted molar refractivity (Wildman–Crippen MR) is 74.6 cm³/mol. The average Bonchev–Trinajstić information content (AvgIpc) is 2.90. The van der Waals surface area contributed by atoms with Crippen molar-refractivity contribution in [3.63, 3.8) is 0 Å². The fourth-order valence-corrected chi connectivity index (χ4v) is 2.33. The van der Waals surface area contributed by atoms with Gasteiger partial charge in [0, 0.05) is 30.3 Å². The van der Waals surface area contributed by atoms with Crippen molar-refractivity contribution in [2.45, 2.75) is 5.75 Å². The second-order valence-electron chi connectivity index (χ2n) is 3.45. The number of aromatic nitrogens is 2. The Morgan fingerprint density at radius 1 is 1.44 bits per heavy atom. The molecule has 5 nitrogen and oxygen atoms in total. The molecule has 0 atom stereocenters. The summed E-state index contributed by atoms with van der Waals surface area (Å²) in [6.45, 7) is 0. The van der Waals surface area contributed by atoms with E-state index in [0.29, 0.717) is 10.1 Å². The Bertz CT molecular complexity index is 552. The van der Waals surface area contributed by atoms with E-state index in [1.165, 1.54) is 23.9 Å². The number of hydrogen-bond acceptors (Lipinski definition) is 5. The second kappa shape index (κ2) is 5.74. The van der Waals surface area contributed by atoms with E-state index in [9.17, 15) is 10.1 Å². The van der Waals surface area contributed by atoms with Crippen LogP contribution in [0.25, 0.3) is 0 Å². The number of imidazole rings is 1.